The first kappa shape index (κ1) is 16.9. The molecule has 0 aliphatic carbocycles. The summed E-state index contributed by atoms with van der Waals surface area (Å²) in [6.07, 6.45) is 1.09. The SMILES string of the molecule is COc1cccc(-c2noc(CNCCCN3CCOCC3)n2)c1. The van der Waals surface area contributed by atoms with E-state index in [1.807, 2.05) is 24.3 Å². The number of benzene rings is 1. The van der Waals surface area contributed by atoms with Crippen LogP contribution in [-0.4, -0.2) is 61.5 Å². The number of nitrogens with zero attached hydrogens (tertiary/aromatic N) is 3. The number of hydrogen-bond acceptors (Lipinski definition) is 7. The topological polar surface area (TPSA) is 72.7 Å². The van der Waals surface area contributed by atoms with Crippen LogP contribution in [0.4, 0.5) is 0 Å². The van der Waals surface area contributed by atoms with E-state index < -0.39 is 0 Å². The highest BCUT2D eigenvalue weighted by molar-refractivity contribution is 5.56. The minimum atomic E-state index is 0.582. The van der Waals surface area contributed by atoms with E-state index in [0.29, 0.717) is 18.3 Å². The predicted molar refractivity (Wildman–Crippen MR) is 89.9 cm³/mol. The maximum Gasteiger partial charge on any atom is 0.240 e. The lowest BCUT2D eigenvalue weighted by atomic mass is 10.2. The van der Waals surface area contributed by atoms with Crippen molar-refractivity contribution in [3.05, 3.63) is 30.2 Å². The molecule has 24 heavy (non-hydrogen) atoms. The number of aromatic nitrogens is 2. The molecule has 1 fully saturated rings. The molecule has 1 aromatic carbocycles. The Morgan fingerprint density at radius 3 is 3.00 bits per heavy atom. The first-order chi connectivity index (χ1) is 11.8. The Labute approximate surface area is 141 Å². The fraction of sp³-hybridized carbons (Fsp3) is 0.529. The first-order valence-electron chi connectivity index (χ1n) is 8.33. The highest BCUT2D eigenvalue weighted by Crippen LogP contribution is 2.21. The predicted octanol–water partition coefficient (Wildman–Crippen LogP) is 1.56. The van der Waals surface area contributed by atoms with E-state index in [-0.39, 0.29) is 0 Å². The lowest BCUT2D eigenvalue weighted by molar-refractivity contribution is 0.0374. The van der Waals surface area contributed by atoms with Gasteiger partial charge >= 0.3 is 0 Å². The van der Waals surface area contributed by atoms with E-state index in [0.717, 1.165) is 57.1 Å². The monoisotopic (exact) mass is 332 g/mol. The first-order valence-corrected chi connectivity index (χ1v) is 8.33. The molecule has 3 rings (SSSR count). The second-order valence-corrected chi connectivity index (χ2v) is 5.73. The molecule has 0 saturated carbocycles. The van der Waals surface area contributed by atoms with Crippen molar-refractivity contribution in [2.75, 3.05) is 46.5 Å². The van der Waals surface area contributed by atoms with Crippen LogP contribution in [0.1, 0.15) is 12.3 Å². The smallest absolute Gasteiger partial charge is 0.240 e. The maximum absolute atomic E-state index is 5.35. The van der Waals surface area contributed by atoms with Gasteiger partial charge in [0.2, 0.25) is 11.7 Å². The van der Waals surface area contributed by atoms with Gasteiger partial charge in [0, 0.05) is 18.7 Å². The second kappa shape index (κ2) is 8.77. The largest absolute Gasteiger partial charge is 0.497 e. The van der Waals surface area contributed by atoms with Crippen molar-refractivity contribution in [2.45, 2.75) is 13.0 Å². The molecule has 130 valence electrons. The Hall–Kier alpha value is -1.96. The number of methoxy groups -OCH3 is 1. The molecule has 7 heteroatoms. The van der Waals surface area contributed by atoms with Crippen molar-refractivity contribution in [3.63, 3.8) is 0 Å². The average Bonchev–Trinajstić information content (AvgIpc) is 3.11. The van der Waals surface area contributed by atoms with Crippen molar-refractivity contribution < 1.29 is 14.0 Å². The third-order valence-corrected chi connectivity index (χ3v) is 4.00. The molecular weight excluding hydrogens is 308 g/mol. The Morgan fingerprint density at radius 1 is 1.29 bits per heavy atom. The van der Waals surface area contributed by atoms with Crippen LogP contribution in [0, 0.1) is 0 Å². The standard InChI is InChI=1S/C17H24N4O3/c1-22-15-5-2-4-14(12-15)17-19-16(24-20-17)13-18-6-3-7-21-8-10-23-11-9-21/h2,4-5,12,18H,3,6-11,13H2,1H3. The number of morpholine rings is 1. The lowest BCUT2D eigenvalue weighted by Gasteiger charge is -2.26. The molecule has 1 aliphatic heterocycles. The number of rotatable bonds is 8. The van der Waals surface area contributed by atoms with Crippen LogP contribution in [0.2, 0.25) is 0 Å². The molecule has 1 aromatic heterocycles. The average molecular weight is 332 g/mol. The van der Waals surface area contributed by atoms with E-state index in [1.165, 1.54) is 0 Å². The van der Waals surface area contributed by atoms with Gasteiger partial charge < -0.3 is 19.3 Å². The molecule has 0 unspecified atom stereocenters. The summed E-state index contributed by atoms with van der Waals surface area (Å²) in [6, 6.07) is 7.63. The highest BCUT2D eigenvalue weighted by Gasteiger charge is 2.10. The summed E-state index contributed by atoms with van der Waals surface area (Å²) in [5.41, 5.74) is 0.886. The molecule has 2 aromatic rings. The van der Waals surface area contributed by atoms with Gasteiger partial charge in [-0.25, -0.2) is 0 Å². The molecular formula is C17H24N4O3. The van der Waals surface area contributed by atoms with E-state index in [1.54, 1.807) is 7.11 Å². The number of nitrogens with one attached hydrogen (secondary N) is 1. The Bertz CT molecular complexity index is 626. The highest BCUT2D eigenvalue weighted by atomic mass is 16.5. The van der Waals surface area contributed by atoms with Crippen molar-refractivity contribution in [2.24, 2.45) is 0 Å². The van der Waals surface area contributed by atoms with Gasteiger partial charge in [-0.15, -0.1) is 0 Å². The van der Waals surface area contributed by atoms with Crippen molar-refractivity contribution in [1.82, 2.24) is 20.4 Å². The maximum atomic E-state index is 5.35. The van der Waals surface area contributed by atoms with Crippen LogP contribution in [-0.2, 0) is 11.3 Å². The minimum Gasteiger partial charge on any atom is -0.497 e. The van der Waals surface area contributed by atoms with Crippen LogP contribution in [0.15, 0.2) is 28.8 Å². The van der Waals surface area contributed by atoms with Gasteiger partial charge in [-0.2, -0.15) is 4.98 Å². The van der Waals surface area contributed by atoms with Crippen LogP contribution < -0.4 is 10.1 Å². The van der Waals surface area contributed by atoms with E-state index in [4.69, 9.17) is 14.0 Å². The van der Waals surface area contributed by atoms with Crippen molar-refractivity contribution in [1.29, 1.82) is 0 Å². The molecule has 1 saturated heterocycles. The quantitative estimate of drug-likeness (QED) is 0.735. The Kier molecular flexibility index (Phi) is 6.17. The minimum absolute atomic E-state index is 0.582. The van der Waals surface area contributed by atoms with Gasteiger partial charge in [0.25, 0.3) is 0 Å². The summed E-state index contributed by atoms with van der Waals surface area (Å²) in [6.45, 7) is 6.37. The zero-order valence-corrected chi connectivity index (χ0v) is 14.0. The zero-order chi connectivity index (χ0) is 16.6. The van der Waals surface area contributed by atoms with Crippen LogP contribution >= 0.6 is 0 Å². The molecule has 7 nitrogen and oxygen atoms in total. The fourth-order valence-electron chi connectivity index (χ4n) is 2.65. The Morgan fingerprint density at radius 2 is 2.17 bits per heavy atom. The molecule has 0 atom stereocenters. The van der Waals surface area contributed by atoms with Crippen LogP contribution in [0.3, 0.4) is 0 Å². The third-order valence-electron chi connectivity index (χ3n) is 4.00. The fourth-order valence-corrected chi connectivity index (χ4v) is 2.65. The molecule has 0 bridgehead atoms. The second-order valence-electron chi connectivity index (χ2n) is 5.73. The summed E-state index contributed by atoms with van der Waals surface area (Å²) >= 11 is 0. The van der Waals surface area contributed by atoms with Crippen LogP contribution in [0.5, 0.6) is 5.75 Å². The number of ether oxygens (including phenoxy) is 2. The Balaban J connectivity index is 1.41. The van der Waals surface area contributed by atoms with Crippen molar-refractivity contribution in [3.8, 4) is 17.1 Å². The number of hydrogen-bond donors (Lipinski definition) is 1. The van der Waals surface area contributed by atoms with E-state index in [2.05, 4.69) is 20.4 Å². The van der Waals surface area contributed by atoms with Gasteiger partial charge in [0.05, 0.1) is 26.9 Å². The van der Waals surface area contributed by atoms with Crippen molar-refractivity contribution >= 4 is 0 Å². The summed E-state index contributed by atoms with van der Waals surface area (Å²) in [5, 5.41) is 7.38. The molecule has 1 N–H and O–H groups in total. The zero-order valence-electron chi connectivity index (χ0n) is 14.0. The van der Waals surface area contributed by atoms with Gasteiger partial charge in [-0.1, -0.05) is 17.3 Å². The van der Waals surface area contributed by atoms with E-state index >= 15 is 0 Å². The summed E-state index contributed by atoms with van der Waals surface area (Å²) in [4.78, 5) is 6.85. The van der Waals surface area contributed by atoms with E-state index in [9.17, 15) is 0 Å². The molecule has 2 heterocycles. The molecule has 1 aliphatic rings. The molecule has 0 radical (unpaired) electrons. The van der Waals surface area contributed by atoms with Crippen LogP contribution in [0.25, 0.3) is 11.4 Å². The van der Waals surface area contributed by atoms with Gasteiger partial charge in [-0.05, 0) is 31.6 Å². The van der Waals surface area contributed by atoms with Gasteiger partial charge in [-0.3, -0.25) is 4.90 Å². The summed E-state index contributed by atoms with van der Waals surface area (Å²) in [7, 11) is 1.64. The van der Waals surface area contributed by atoms with Gasteiger partial charge in [0.1, 0.15) is 5.75 Å². The summed E-state index contributed by atoms with van der Waals surface area (Å²) < 4.78 is 15.9. The lowest BCUT2D eigenvalue weighted by Crippen LogP contribution is -2.37. The molecule has 0 amide bonds. The third kappa shape index (κ3) is 4.77. The normalized spacial score (nSPS) is 15.5. The van der Waals surface area contributed by atoms with Gasteiger partial charge in [0.15, 0.2) is 0 Å². The summed E-state index contributed by atoms with van der Waals surface area (Å²) in [5.74, 6) is 1.96. The molecule has 0 spiro atoms.